The first-order chi connectivity index (χ1) is 9.52. The number of aryl methyl sites for hydroxylation is 2. The van der Waals surface area contributed by atoms with Gasteiger partial charge in [0.1, 0.15) is 5.82 Å². The summed E-state index contributed by atoms with van der Waals surface area (Å²) in [5.74, 6) is 0.143. The lowest BCUT2D eigenvalue weighted by atomic mass is 10.2. The van der Waals surface area contributed by atoms with E-state index in [2.05, 4.69) is 20.4 Å². The molecule has 3 aromatic heterocycles. The molecule has 0 radical (unpaired) electrons. The average molecular weight is 291 g/mol. The molecule has 0 saturated carbocycles. The maximum Gasteiger partial charge on any atom is 0.243 e. The first-order valence-electron chi connectivity index (χ1n) is 6.25. The van der Waals surface area contributed by atoms with Crippen molar-refractivity contribution in [1.82, 2.24) is 19.6 Å². The largest absolute Gasteiger partial charge is 0.346 e. The zero-order chi connectivity index (χ0) is 14.3. The lowest BCUT2D eigenvalue weighted by molar-refractivity contribution is 0.614. The fourth-order valence-electron chi connectivity index (χ4n) is 2.13. The fourth-order valence-corrected chi connectivity index (χ4v) is 3.06. The Morgan fingerprint density at radius 3 is 2.80 bits per heavy atom. The summed E-state index contributed by atoms with van der Waals surface area (Å²) in [5, 5.41) is 8.48. The third kappa shape index (κ3) is 2.36. The summed E-state index contributed by atoms with van der Waals surface area (Å²) in [6.07, 6.45) is 1.31. The Bertz CT molecular complexity index is 763. The second-order valence-corrected chi connectivity index (χ2v) is 5.87. The third-order valence-corrected chi connectivity index (χ3v) is 4.23. The molecule has 0 bridgehead atoms. The molecule has 1 N–H and O–H groups in total. The third-order valence-electron chi connectivity index (χ3n) is 2.97. The van der Waals surface area contributed by atoms with Gasteiger partial charge in [-0.15, -0.1) is 16.4 Å². The van der Waals surface area contributed by atoms with Crippen LogP contribution in [-0.2, 0) is 0 Å². The maximum atomic E-state index is 13.1. The number of nitrogens with one attached hydrogen (secondary N) is 1. The van der Waals surface area contributed by atoms with Crippen LogP contribution < -0.4 is 5.32 Å². The van der Waals surface area contributed by atoms with E-state index < -0.39 is 0 Å². The Balaban J connectivity index is 1.87. The molecule has 0 saturated heterocycles. The molecule has 3 heterocycles. The molecule has 1 atom stereocenters. The Labute approximate surface area is 119 Å². The van der Waals surface area contributed by atoms with E-state index in [0.717, 1.165) is 15.6 Å². The highest BCUT2D eigenvalue weighted by Gasteiger charge is 2.15. The van der Waals surface area contributed by atoms with Gasteiger partial charge >= 0.3 is 0 Å². The van der Waals surface area contributed by atoms with Crippen molar-refractivity contribution < 1.29 is 4.39 Å². The van der Waals surface area contributed by atoms with E-state index in [1.54, 1.807) is 17.4 Å². The van der Waals surface area contributed by atoms with E-state index in [1.165, 1.54) is 16.8 Å². The summed E-state index contributed by atoms with van der Waals surface area (Å²) in [5.41, 5.74) is 1.63. The zero-order valence-corrected chi connectivity index (χ0v) is 12.2. The summed E-state index contributed by atoms with van der Waals surface area (Å²) >= 11 is 1.66. The summed E-state index contributed by atoms with van der Waals surface area (Å²) in [4.78, 5) is 9.88. The molecule has 5 nitrogen and oxygen atoms in total. The van der Waals surface area contributed by atoms with Gasteiger partial charge in [-0.25, -0.2) is 13.9 Å². The van der Waals surface area contributed by atoms with Crippen LogP contribution in [0.15, 0.2) is 18.3 Å². The number of rotatable bonds is 3. The van der Waals surface area contributed by atoms with Crippen LogP contribution in [0.25, 0.3) is 5.65 Å². The van der Waals surface area contributed by atoms with E-state index >= 15 is 0 Å². The molecule has 0 fully saturated rings. The van der Waals surface area contributed by atoms with Gasteiger partial charge in [-0.2, -0.15) is 4.98 Å². The second kappa shape index (κ2) is 4.82. The van der Waals surface area contributed by atoms with Crippen molar-refractivity contribution in [2.75, 3.05) is 5.32 Å². The van der Waals surface area contributed by atoms with Gasteiger partial charge in [0.05, 0.1) is 22.9 Å². The topological polar surface area (TPSA) is 55.1 Å². The minimum Gasteiger partial charge on any atom is -0.346 e. The minimum absolute atomic E-state index is 0.0588. The standard InChI is InChI=1S/C13H14FN5S/c1-7-12(20-9(3)15-7)8(2)16-13-17-11-5-4-10(14)6-19(11)18-13/h4-6,8H,1-3H3,(H,16,18). The van der Waals surface area contributed by atoms with Crippen molar-refractivity contribution >= 4 is 22.9 Å². The van der Waals surface area contributed by atoms with E-state index in [4.69, 9.17) is 0 Å². The van der Waals surface area contributed by atoms with Crippen LogP contribution in [0.1, 0.15) is 28.5 Å². The number of fused-ring (bicyclic) bond motifs is 1. The van der Waals surface area contributed by atoms with Crippen LogP contribution in [0.3, 0.4) is 0 Å². The smallest absolute Gasteiger partial charge is 0.243 e. The van der Waals surface area contributed by atoms with Crippen LogP contribution in [0.2, 0.25) is 0 Å². The number of thiazole rings is 1. The molecule has 0 aliphatic heterocycles. The van der Waals surface area contributed by atoms with Gasteiger partial charge in [0, 0.05) is 4.88 Å². The lowest BCUT2D eigenvalue weighted by Gasteiger charge is -2.10. The quantitative estimate of drug-likeness (QED) is 0.805. The highest BCUT2D eigenvalue weighted by atomic mass is 32.1. The van der Waals surface area contributed by atoms with Crippen LogP contribution in [0.4, 0.5) is 10.3 Å². The molecule has 20 heavy (non-hydrogen) atoms. The van der Waals surface area contributed by atoms with Crippen LogP contribution >= 0.6 is 11.3 Å². The first kappa shape index (κ1) is 13.0. The first-order valence-corrected chi connectivity index (χ1v) is 7.07. The van der Waals surface area contributed by atoms with Gasteiger partial charge < -0.3 is 5.32 Å². The van der Waals surface area contributed by atoms with Crippen molar-refractivity contribution in [1.29, 1.82) is 0 Å². The molecule has 0 spiro atoms. The molecule has 3 rings (SSSR count). The SMILES string of the molecule is Cc1nc(C)c(C(C)Nc2nc3ccc(F)cn3n2)s1. The van der Waals surface area contributed by atoms with Gasteiger partial charge in [0.15, 0.2) is 5.65 Å². The number of anilines is 1. The van der Waals surface area contributed by atoms with Crippen molar-refractivity contribution in [2.45, 2.75) is 26.8 Å². The number of hydrogen-bond donors (Lipinski definition) is 1. The normalized spacial score (nSPS) is 12.8. The van der Waals surface area contributed by atoms with Crippen molar-refractivity contribution in [3.05, 3.63) is 39.7 Å². The maximum absolute atomic E-state index is 13.1. The highest BCUT2D eigenvalue weighted by Crippen LogP contribution is 2.26. The molecule has 104 valence electrons. The summed E-state index contributed by atoms with van der Waals surface area (Å²) in [6, 6.07) is 3.03. The van der Waals surface area contributed by atoms with Crippen molar-refractivity contribution in [3.63, 3.8) is 0 Å². The fraction of sp³-hybridized carbons (Fsp3) is 0.308. The molecule has 0 aromatic carbocycles. The van der Waals surface area contributed by atoms with E-state index in [0.29, 0.717) is 11.6 Å². The Morgan fingerprint density at radius 2 is 2.10 bits per heavy atom. The Kier molecular flexibility index (Phi) is 3.13. The molecular weight excluding hydrogens is 277 g/mol. The molecular formula is C13H14FN5S. The van der Waals surface area contributed by atoms with Crippen LogP contribution in [0.5, 0.6) is 0 Å². The number of nitrogens with zero attached hydrogens (tertiary/aromatic N) is 4. The predicted octanol–water partition coefficient (Wildman–Crippen LogP) is 3.11. The minimum atomic E-state index is -0.337. The predicted molar refractivity (Wildman–Crippen MR) is 76.6 cm³/mol. The van der Waals surface area contributed by atoms with Gasteiger partial charge in [-0.05, 0) is 32.9 Å². The molecule has 1 unspecified atom stereocenters. The van der Waals surface area contributed by atoms with E-state index in [9.17, 15) is 4.39 Å². The average Bonchev–Trinajstić information content (AvgIpc) is 2.91. The monoisotopic (exact) mass is 291 g/mol. The number of hydrogen-bond acceptors (Lipinski definition) is 5. The van der Waals surface area contributed by atoms with Crippen molar-refractivity contribution in [2.24, 2.45) is 0 Å². The van der Waals surface area contributed by atoms with Gasteiger partial charge in [0.2, 0.25) is 5.95 Å². The van der Waals surface area contributed by atoms with Gasteiger partial charge in [0.25, 0.3) is 0 Å². The summed E-state index contributed by atoms with van der Waals surface area (Å²) < 4.78 is 14.5. The molecule has 0 aliphatic carbocycles. The highest BCUT2D eigenvalue weighted by molar-refractivity contribution is 7.11. The van der Waals surface area contributed by atoms with Gasteiger partial charge in [-0.1, -0.05) is 0 Å². The molecule has 0 aliphatic rings. The Morgan fingerprint density at radius 1 is 1.30 bits per heavy atom. The van der Waals surface area contributed by atoms with Crippen LogP contribution in [-0.4, -0.2) is 19.6 Å². The van der Waals surface area contributed by atoms with Crippen molar-refractivity contribution in [3.8, 4) is 0 Å². The second-order valence-electron chi connectivity index (χ2n) is 4.63. The molecule has 0 amide bonds. The summed E-state index contributed by atoms with van der Waals surface area (Å²) in [7, 11) is 0. The lowest BCUT2D eigenvalue weighted by Crippen LogP contribution is -2.07. The molecule has 7 heteroatoms. The number of pyridine rings is 1. The molecule has 3 aromatic rings. The Hall–Kier alpha value is -2.02. The number of aromatic nitrogens is 4. The van der Waals surface area contributed by atoms with Crippen LogP contribution in [0, 0.1) is 19.7 Å². The van der Waals surface area contributed by atoms with E-state index in [-0.39, 0.29) is 11.9 Å². The number of halogens is 1. The summed E-state index contributed by atoms with van der Waals surface area (Å²) in [6.45, 7) is 6.01. The van der Waals surface area contributed by atoms with Gasteiger partial charge in [-0.3, -0.25) is 0 Å². The zero-order valence-electron chi connectivity index (χ0n) is 11.4. The van der Waals surface area contributed by atoms with E-state index in [1.807, 2.05) is 20.8 Å².